The summed E-state index contributed by atoms with van der Waals surface area (Å²) in [4.78, 5) is 37.5. The average molecular weight is 371 g/mol. The zero-order valence-corrected chi connectivity index (χ0v) is 16.2. The maximum atomic E-state index is 13.1. The maximum absolute atomic E-state index is 13.1. The van der Waals surface area contributed by atoms with Crippen molar-refractivity contribution in [1.29, 1.82) is 0 Å². The van der Waals surface area contributed by atoms with Gasteiger partial charge in [0.1, 0.15) is 0 Å². The van der Waals surface area contributed by atoms with Crippen LogP contribution in [0.25, 0.3) is 0 Å². The lowest BCUT2D eigenvalue weighted by molar-refractivity contribution is -0.137. The summed E-state index contributed by atoms with van der Waals surface area (Å²) in [5.41, 5.74) is 3.48. The molecule has 8 nitrogen and oxygen atoms in total. The number of anilines is 1. The summed E-state index contributed by atoms with van der Waals surface area (Å²) < 4.78 is 5.06. The van der Waals surface area contributed by atoms with Crippen molar-refractivity contribution in [2.75, 3.05) is 45.3 Å². The summed E-state index contributed by atoms with van der Waals surface area (Å²) >= 11 is 0. The number of carbonyl (C=O) groups is 2. The van der Waals surface area contributed by atoms with Gasteiger partial charge in [-0.15, -0.1) is 0 Å². The van der Waals surface area contributed by atoms with Gasteiger partial charge in [0.2, 0.25) is 5.96 Å². The third-order valence-corrected chi connectivity index (χ3v) is 5.54. The number of amides is 3. The Morgan fingerprint density at radius 2 is 2.00 bits per heavy atom. The Kier molecular flexibility index (Phi) is 4.30. The Labute approximate surface area is 159 Å². The van der Waals surface area contributed by atoms with Crippen molar-refractivity contribution in [3.63, 3.8) is 0 Å². The van der Waals surface area contributed by atoms with E-state index in [2.05, 4.69) is 36.9 Å². The molecular weight excluding hydrogens is 346 g/mol. The van der Waals surface area contributed by atoms with Gasteiger partial charge in [0, 0.05) is 32.9 Å². The fourth-order valence-electron chi connectivity index (χ4n) is 4.16. The molecule has 0 aromatic heterocycles. The molecule has 3 aliphatic rings. The van der Waals surface area contributed by atoms with Crippen LogP contribution in [-0.2, 0) is 9.53 Å². The van der Waals surface area contributed by atoms with Gasteiger partial charge in [-0.1, -0.05) is 17.7 Å². The van der Waals surface area contributed by atoms with Crippen LogP contribution in [0.1, 0.15) is 11.1 Å². The predicted molar refractivity (Wildman–Crippen MR) is 102 cm³/mol. The Morgan fingerprint density at radius 3 is 2.70 bits per heavy atom. The van der Waals surface area contributed by atoms with Gasteiger partial charge in [-0.3, -0.25) is 9.69 Å². The molecule has 0 N–H and O–H groups in total. The fraction of sp³-hybridized carbons (Fsp3) is 0.526. The molecule has 27 heavy (non-hydrogen) atoms. The van der Waals surface area contributed by atoms with E-state index < -0.39 is 12.2 Å². The van der Waals surface area contributed by atoms with E-state index >= 15 is 0 Å². The largest absolute Gasteiger partial charge is 0.383 e. The number of rotatable bonds is 4. The zero-order valence-electron chi connectivity index (χ0n) is 16.2. The molecule has 3 aliphatic heterocycles. The monoisotopic (exact) mass is 371 g/mol. The number of hydrogen-bond acceptors (Lipinski definition) is 6. The molecular formula is C19H25N5O3. The minimum absolute atomic E-state index is 0.193. The highest BCUT2D eigenvalue weighted by Gasteiger charge is 2.54. The highest BCUT2D eigenvalue weighted by Crippen LogP contribution is 2.34. The van der Waals surface area contributed by atoms with Crippen molar-refractivity contribution in [2.45, 2.75) is 26.1 Å². The van der Waals surface area contributed by atoms with Crippen molar-refractivity contribution in [2.24, 2.45) is 4.99 Å². The van der Waals surface area contributed by atoms with Crippen molar-refractivity contribution >= 4 is 23.6 Å². The van der Waals surface area contributed by atoms with Gasteiger partial charge in [0.15, 0.2) is 12.2 Å². The van der Waals surface area contributed by atoms with E-state index in [4.69, 9.17) is 9.73 Å². The van der Waals surface area contributed by atoms with E-state index in [1.165, 1.54) is 16.0 Å². The molecule has 0 radical (unpaired) electrons. The quantitative estimate of drug-likeness (QED) is 0.791. The predicted octanol–water partition coefficient (Wildman–Crippen LogP) is 1.03. The SMILES string of the molecule is COCCN1C(=O)C2C(N=C3N(c4ccc(C)cc4C)CCN32)N(C)C1=O. The summed E-state index contributed by atoms with van der Waals surface area (Å²) in [5.74, 6) is 0.583. The molecule has 2 fully saturated rings. The van der Waals surface area contributed by atoms with Crippen LogP contribution in [0.15, 0.2) is 23.2 Å². The number of fused-ring (bicyclic) bond motifs is 3. The summed E-state index contributed by atoms with van der Waals surface area (Å²) in [7, 11) is 3.27. The first-order valence-electron chi connectivity index (χ1n) is 9.20. The summed E-state index contributed by atoms with van der Waals surface area (Å²) in [6.45, 7) is 6.22. The third kappa shape index (κ3) is 2.66. The number of ether oxygens (including phenoxy) is 1. The van der Waals surface area contributed by atoms with Gasteiger partial charge in [0.05, 0.1) is 13.2 Å². The van der Waals surface area contributed by atoms with Crippen LogP contribution in [0.3, 0.4) is 0 Å². The van der Waals surface area contributed by atoms with E-state index in [-0.39, 0.29) is 18.5 Å². The van der Waals surface area contributed by atoms with Crippen LogP contribution in [0.2, 0.25) is 0 Å². The first kappa shape index (κ1) is 17.8. The first-order valence-corrected chi connectivity index (χ1v) is 9.20. The normalized spacial score (nSPS) is 24.5. The Hall–Kier alpha value is -2.61. The number of hydrogen-bond donors (Lipinski definition) is 0. The van der Waals surface area contributed by atoms with Gasteiger partial charge < -0.3 is 19.4 Å². The molecule has 0 bridgehead atoms. The second-order valence-corrected chi connectivity index (χ2v) is 7.30. The second-order valence-electron chi connectivity index (χ2n) is 7.30. The van der Waals surface area contributed by atoms with Crippen molar-refractivity contribution in [3.8, 4) is 0 Å². The molecule has 4 rings (SSSR count). The number of aryl methyl sites for hydroxylation is 2. The number of likely N-dealkylation sites (N-methyl/N-ethyl adjacent to an activating group) is 1. The Balaban J connectivity index is 1.65. The van der Waals surface area contributed by atoms with Crippen LogP contribution in [-0.4, -0.2) is 85.2 Å². The molecule has 0 aliphatic carbocycles. The highest BCUT2D eigenvalue weighted by atomic mass is 16.5. The summed E-state index contributed by atoms with van der Waals surface area (Å²) in [5, 5.41) is 0. The van der Waals surface area contributed by atoms with Gasteiger partial charge >= 0.3 is 6.03 Å². The van der Waals surface area contributed by atoms with E-state index in [9.17, 15) is 9.59 Å². The van der Waals surface area contributed by atoms with Crippen LogP contribution < -0.4 is 4.90 Å². The Morgan fingerprint density at radius 1 is 1.22 bits per heavy atom. The molecule has 8 heteroatoms. The van der Waals surface area contributed by atoms with Crippen LogP contribution in [0.4, 0.5) is 10.5 Å². The lowest BCUT2D eigenvalue weighted by atomic mass is 10.1. The minimum Gasteiger partial charge on any atom is -0.383 e. The summed E-state index contributed by atoms with van der Waals surface area (Å²) in [6.07, 6.45) is -0.479. The molecule has 0 spiro atoms. The number of carbonyl (C=O) groups excluding carboxylic acids is 2. The van der Waals surface area contributed by atoms with E-state index in [1.54, 1.807) is 19.1 Å². The van der Waals surface area contributed by atoms with Crippen molar-refractivity contribution in [3.05, 3.63) is 29.3 Å². The maximum Gasteiger partial charge on any atom is 0.328 e. The van der Waals surface area contributed by atoms with E-state index in [0.717, 1.165) is 18.2 Å². The lowest BCUT2D eigenvalue weighted by Crippen LogP contribution is -2.65. The Bertz CT molecular complexity index is 824. The third-order valence-electron chi connectivity index (χ3n) is 5.54. The molecule has 3 heterocycles. The average Bonchev–Trinajstić information content (AvgIpc) is 3.19. The number of nitrogens with zero attached hydrogens (tertiary/aromatic N) is 5. The zero-order chi connectivity index (χ0) is 19.3. The van der Waals surface area contributed by atoms with E-state index in [0.29, 0.717) is 13.2 Å². The topological polar surface area (TPSA) is 68.7 Å². The molecule has 144 valence electrons. The fourth-order valence-corrected chi connectivity index (χ4v) is 4.16. The number of urea groups is 1. The number of methoxy groups -OCH3 is 1. The van der Waals surface area contributed by atoms with Gasteiger partial charge in [-0.25, -0.2) is 9.79 Å². The van der Waals surface area contributed by atoms with Crippen LogP contribution in [0.5, 0.6) is 0 Å². The van der Waals surface area contributed by atoms with Crippen LogP contribution >= 0.6 is 0 Å². The van der Waals surface area contributed by atoms with Gasteiger partial charge in [-0.2, -0.15) is 0 Å². The summed E-state index contributed by atoms with van der Waals surface area (Å²) in [6, 6.07) is 5.55. The molecule has 2 unspecified atom stereocenters. The van der Waals surface area contributed by atoms with Gasteiger partial charge in [-0.05, 0) is 25.5 Å². The minimum atomic E-state index is -0.479. The molecule has 2 saturated heterocycles. The number of guanidine groups is 1. The smallest absolute Gasteiger partial charge is 0.328 e. The van der Waals surface area contributed by atoms with Gasteiger partial charge in [0.25, 0.3) is 5.91 Å². The van der Waals surface area contributed by atoms with Crippen molar-refractivity contribution < 1.29 is 14.3 Å². The van der Waals surface area contributed by atoms with Crippen molar-refractivity contribution in [1.82, 2.24) is 14.7 Å². The lowest BCUT2D eigenvalue weighted by Gasteiger charge is -2.40. The van der Waals surface area contributed by atoms with Crippen LogP contribution in [0, 0.1) is 13.8 Å². The van der Waals surface area contributed by atoms with E-state index in [1.807, 2.05) is 4.90 Å². The standard InChI is InChI=1S/C19H25N5O3/c1-12-5-6-14(13(2)11-12)22-7-8-23-15-16(20-18(22)23)21(3)19(26)24(17(15)25)9-10-27-4/h5-6,11,15-16H,7-10H2,1-4H3. The second kappa shape index (κ2) is 6.53. The number of benzene rings is 1. The highest BCUT2D eigenvalue weighted by molar-refractivity contribution is 6.08. The molecule has 2 atom stereocenters. The number of aliphatic imine (C=N–C) groups is 1. The molecule has 0 saturated carbocycles. The molecule has 1 aromatic carbocycles. The number of imide groups is 1. The first-order chi connectivity index (χ1) is 12.9. The molecule has 1 aromatic rings. The molecule has 3 amide bonds.